The second kappa shape index (κ2) is 9.37. The van der Waals surface area contributed by atoms with Crippen molar-refractivity contribution in [1.29, 1.82) is 0 Å². The Balaban J connectivity index is 1.69. The van der Waals surface area contributed by atoms with E-state index in [1.807, 2.05) is 0 Å². The first-order valence-electron chi connectivity index (χ1n) is 9.21. The summed E-state index contributed by atoms with van der Waals surface area (Å²) in [5, 5.41) is 3.01. The van der Waals surface area contributed by atoms with Crippen LogP contribution in [0.5, 0.6) is 0 Å². The zero-order valence-corrected chi connectivity index (χ0v) is 15.1. The molecule has 0 aromatic heterocycles. The standard InChI is InChI=1S/C18H31NO5/c1-12-7-4-5-9-16(12)19-17(20)13(2)24-18(21)14(3)23-11-15-8-6-10-22-15/h12-16H,4-11H2,1-3H3,(H,19,20). The topological polar surface area (TPSA) is 73.9 Å². The molecular formula is C18H31NO5. The van der Waals surface area contributed by atoms with E-state index in [4.69, 9.17) is 14.2 Å². The van der Waals surface area contributed by atoms with Gasteiger partial charge in [-0.2, -0.15) is 0 Å². The lowest BCUT2D eigenvalue weighted by Crippen LogP contribution is -2.46. The first kappa shape index (κ1) is 19.2. The van der Waals surface area contributed by atoms with Crippen LogP contribution in [0, 0.1) is 5.92 Å². The van der Waals surface area contributed by atoms with Crippen LogP contribution in [-0.4, -0.2) is 49.4 Å². The van der Waals surface area contributed by atoms with Crippen molar-refractivity contribution in [3.63, 3.8) is 0 Å². The van der Waals surface area contributed by atoms with Crippen molar-refractivity contribution in [2.24, 2.45) is 5.92 Å². The Morgan fingerprint density at radius 3 is 2.54 bits per heavy atom. The molecule has 2 rings (SSSR count). The van der Waals surface area contributed by atoms with Gasteiger partial charge in [-0.25, -0.2) is 4.79 Å². The van der Waals surface area contributed by atoms with E-state index >= 15 is 0 Å². The number of hydrogen-bond acceptors (Lipinski definition) is 5. The Morgan fingerprint density at radius 2 is 1.88 bits per heavy atom. The Labute approximate surface area is 144 Å². The molecule has 0 aromatic carbocycles. The summed E-state index contributed by atoms with van der Waals surface area (Å²) in [7, 11) is 0. The van der Waals surface area contributed by atoms with Gasteiger partial charge in [0.15, 0.2) is 12.2 Å². The molecule has 0 spiro atoms. The summed E-state index contributed by atoms with van der Waals surface area (Å²) in [6.45, 7) is 6.54. The molecule has 1 aliphatic heterocycles. The first-order chi connectivity index (χ1) is 11.5. The number of amides is 1. The van der Waals surface area contributed by atoms with Crippen molar-refractivity contribution in [3.05, 3.63) is 0 Å². The molecule has 1 heterocycles. The summed E-state index contributed by atoms with van der Waals surface area (Å²) in [5.74, 6) is -0.264. The SMILES string of the molecule is CC(OC(=O)C(C)OCC1CCCO1)C(=O)NC1CCCCC1C. The fraction of sp³-hybridized carbons (Fsp3) is 0.889. The van der Waals surface area contributed by atoms with Crippen LogP contribution in [0.4, 0.5) is 0 Å². The average molecular weight is 341 g/mol. The lowest BCUT2D eigenvalue weighted by molar-refractivity contribution is -0.166. The minimum Gasteiger partial charge on any atom is -0.451 e. The van der Waals surface area contributed by atoms with Gasteiger partial charge in [-0.15, -0.1) is 0 Å². The Hall–Kier alpha value is -1.14. The van der Waals surface area contributed by atoms with Crippen LogP contribution >= 0.6 is 0 Å². The molecule has 5 atom stereocenters. The summed E-state index contributed by atoms with van der Waals surface area (Å²) in [5.41, 5.74) is 0. The van der Waals surface area contributed by atoms with E-state index in [0.717, 1.165) is 38.7 Å². The lowest BCUT2D eigenvalue weighted by Gasteiger charge is -2.30. The number of carbonyl (C=O) groups excluding carboxylic acids is 2. The third-order valence-corrected chi connectivity index (χ3v) is 4.99. The maximum absolute atomic E-state index is 12.2. The predicted molar refractivity (Wildman–Crippen MR) is 89.5 cm³/mol. The molecular weight excluding hydrogens is 310 g/mol. The van der Waals surface area contributed by atoms with Crippen LogP contribution in [0.1, 0.15) is 59.3 Å². The highest BCUT2D eigenvalue weighted by molar-refractivity contribution is 5.84. The van der Waals surface area contributed by atoms with E-state index in [0.29, 0.717) is 12.5 Å². The van der Waals surface area contributed by atoms with Gasteiger partial charge in [0.25, 0.3) is 5.91 Å². The summed E-state index contributed by atoms with van der Waals surface area (Å²) in [6, 6.07) is 0.181. The van der Waals surface area contributed by atoms with Gasteiger partial charge >= 0.3 is 5.97 Å². The number of nitrogens with one attached hydrogen (secondary N) is 1. The van der Waals surface area contributed by atoms with Crippen molar-refractivity contribution in [3.8, 4) is 0 Å². The second-order valence-corrected chi connectivity index (χ2v) is 7.07. The molecule has 24 heavy (non-hydrogen) atoms. The molecule has 1 amide bonds. The van der Waals surface area contributed by atoms with Gasteiger partial charge in [-0.1, -0.05) is 19.8 Å². The molecule has 6 heteroatoms. The summed E-state index contributed by atoms with van der Waals surface area (Å²) < 4.78 is 16.2. The first-order valence-corrected chi connectivity index (χ1v) is 9.21. The van der Waals surface area contributed by atoms with Gasteiger partial charge in [0.05, 0.1) is 12.7 Å². The largest absolute Gasteiger partial charge is 0.451 e. The van der Waals surface area contributed by atoms with Gasteiger partial charge in [0.1, 0.15) is 0 Å². The van der Waals surface area contributed by atoms with Crippen LogP contribution in [0.2, 0.25) is 0 Å². The van der Waals surface area contributed by atoms with E-state index in [1.165, 1.54) is 6.42 Å². The summed E-state index contributed by atoms with van der Waals surface area (Å²) in [4.78, 5) is 24.3. The Bertz CT molecular complexity index is 422. The monoisotopic (exact) mass is 341 g/mol. The molecule has 0 aromatic rings. The molecule has 1 aliphatic carbocycles. The van der Waals surface area contributed by atoms with E-state index < -0.39 is 18.2 Å². The predicted octanol–water partition coefficient (Wildman–Crippen LogP) is 2.20. The molecule has 0 bridgehead atoms. The summed E-state index contributed by atoms with van der Waals surface area (Å²) in [6.07, 6.45) is 5.04. The minimum atomic E-state index is -0.805. The minimum absolute atomic E-state index is 0.0637. The van der Waals surface area contributed by atoms with E-state index in [1.54, 1.807) is 13.8 Å². The fourth-order valence-corrected chi connectivity index (χ4v) is 3.25. The van der Waals surface area contributed by atoms with Gasteiger partial charge in [-0.05, 0) is 45.4 Å². The molecule has 1 saturated heterocycles. The van der Waals surface area contributed by atoms with Gasteiger partial charge in [0.2, 0.25) is 0 Å². The zero-order chi connectivity index (χ0) is 17.5. The third-order valence-electron chi connectivity index (χ3n) is 4.99. The van der Waals surface area contributed by atoms with E-state index in [-0.39, 0.29) is 18.1 Å². The normalized spacial score (nSPS) is 29.7. The number of ether oxygens (including phenoxy) is 3. The van der Waals surface area contributed by atoms with E-state index in [9.17, 15) is 9.59 Å². The molecule has 0 radical (unpaired) electrons. The lowest BCUT2D eigenvalue weighted by atomic mass is 9.86. The fourth-order valence-electron chi connectivity index (χ4n) is 3.25. The third kappa shape index (κ3) is 5.74. The molecule has 2 aliphatic rings. The van der Waals surface area contributed by atoms with Gasteiger partial charge < -0.3 is 19.5 Å². The van der Waals surface area contributed by atoms with Crippen LogP contribution in [0.25, 0.3) is 0 Å². The number of esters is 1. The number of carbonyl (C=O) groups is 2. The molecule has 6 nitrogen and oxygen atoms in total. The quantitative estimate of drug-likeness (QED) is 0.719. The van der Waals surface area contributed by atoms with Crippen LogP contribution < -0.4 is 5.32 Å². The second-order valence-electron chi connectivity index (χ2n) is 7.07. The molecule has 1 saturated carbocycles. The van der Waals surface area contributed by atoms with Crippen molar-refractivity contribution in [2.45, 2.75) is 83.6 Å². The van der Waals surface area contributed by atoms with Crippen LogP contribution in [0.15, 0.2) is 0 Å². The molecule has 5 unspecified atom stereocenters. The maximum Gasteiger partial charge on any atom is 0.335 e. The molecule has 2 fully saturated rings. The van der Waals surface area contributed by atoms with Crippen molar-refractivity contribution < 1.29 is 23.8 Å². The van der Waals surface area contributed by atoms with Crippen molar-refractivity contribution in [1.82, 2.24) is 5.32 Å². The van der Waals surface area contributed by atoms with Gasteiger partial charge in [0, 0.05) is 12.6 Å². The maximum atomic E-state index is 12.2. The van der Waals surface area contributed by atoms with Crippen LogP contribution in [0.3, 0.4) is 0 Å². The average Bonchev–Trinajstić information content (AvgIpc) is 3.08. The molecule has 1 N–H and O–H groups in total. The zero-order valence-electron chi connectivity index (χ0n) is 15.1. The highest BCUT2D eigenvalue weighted by Crippen LogP contribution is 2.23. The van der Waals surface area contributed by atoms with Crippen molar-refractivity contribution in [2.75, 3.05) is 13.2 Å². The highest BCUT2D eigenvalue weighted by atomic mass is 16.6. The van der Waals surface area contributed by atoms with Gasteiger partial charge in [-0.3, -0.25) is 4.79 Å². The Kier molecular flexibility index (Phi) is 7.49. The molecule has 138 valence electrons. The highest BCUT2D eigenvalue weighted by Gasteiger charge is 2.28. The number of hydrogen-bond donors (Lipinski definition) is 1. The van der Waals surface area contributed by atoms with E-state index in [2.05, 4.69) is 12.2 Å². The van der Waals surface area contributed by atoms with Crippen molar-refractivity contribution >= 4 is 11.9 Å². The van der Waals surface area contributed by atoms with Crippen LogP contribution in [-0.2, 0) is 23.8 Å². The summed E-state index contributed by atoms with van der Waals surface area (Å²) >= 11 is 0. The Morgan fingerprint density at radius 1 is 1.12 bits per heavy atom. The number of rotatable bonds is 7. The smallest absolute Gasteiger partial charge is 0.335 e.